The molecule has 2 aliphatic heterocycles. The number of rotatable bonds is 4. The maximum absolute atomic E-state index is 13.0. The van der Waals surface area contributed by atoms with Gasteiger partial charge in [-0.05, 0) is 51.9 Å². The molecule has 6 nitrogen and oxygen atoms in total. The summed E-state index contributed by atoms with van der Waals surface area (Å²) in [5.74, 6) is 0.197. The average molecular weight is 373 g/mol. The first-order chi connectivity index (χ1) is 12.8. The average Bonchev–Trinajstić information content (AvgIpc) is 2.64. The summed E-state index contributed by atoms with van der Waals surface area (Å²) in [7, 11) is 4.03. The molecular formula is C21H31N3O3. The first-order valence-electron chi connectivity index (χ1n) is 9.82. The summed E-state index contributed by atoms with van der Waals surface area (Å²) >= 11 is 0. The molecule has 0 bridgehead atoms. The first kappa shape index (κ1) is 19.7. The van der Waals surface area contributed by atoms with Gasteiger partial charge in [-0.2, -0.15) is 0 Å². The van der Waals surface area contributed by atoms with Crippen LogP contribution in [-0.4, -0.2) is 78.4 Å². The number of amides is 2. The minimum absolute atomic E-state index is 0.0203. The lowest BCUT2D eigenvalue weighted by molar-refractivity contribution is -0.139. The molecule has 0 aliphatic carbocycles. The van der Waals surface area contributed by atoms with Gasteiger partial charge in [0.2, 0.25) is 5.91 Å². The number of piperidine rings is 2. The molecule has 0 saturated carbocycles. The maximum Gasteiger partial charge on any atom is 0.257 e. The minimum Gasteiger partial charge on any atom is -0.507 e. The lowest BCUT2D eigenvalue weighted by atomic mass is 9.73. The largest absolute Gasteiger partial charge is 0.507 e. The molecule has 1 atom stereocenters. The van der Waals surface area contributed by atoms with Gasteiger partial charge in [-0.3, -0.25) is 9.59 Å². The van der Waals surface area contributed by atoms with Crippen molar-refractivity contribution in [1.29, 1.82) is 0 Å². The Kier molecular flexibility index (Phi) is 5.75. The second-order valence-electron chi connectivity index (χ2n) is 8.42. The lowest BCUT2D eigenvalue weighted by Crippen LogP contribution is -2.55. The summed E-state index contributed by atoms with van der Waals surface area (Å²) in [4.78, 5) is 31.3. The molecule has 0 radical (unpaired) electrons. The Morgan fingerprint density at radius 2 is 2.04 bits per heavy atom. The van der Waals surface area contributed by atoms with Crippen LogP contribution < -0.4 is 0 Å². The van der Waals surface area contributed by atoms with E-state index in [0.717, 1.165) is 38.9 Å². The quantitative estimate of drug-likeness (QED) is 0.878. The Bertz CT molecular complexity index is 719. The van der Waals surface area contributed by atoms with E-state index in [2.05, 4.69) is 4.90 Å². The lowest BCUT2D eigenvalue weighted by Gasteiger charge is -2.48. The predicted molar refractivity (Wildman–Crippen MR) is 105 cm³/mol. The standard InChI is InChI=1S/C21H31N3O3/c1-16-6-4-7-17(19(16)26)20(27)24-11-5-9-21(15-24)10-8-18(25)23(14-21)13-12-22(2)3/h4,6-7,26H,5,8-15H2,1-3H3/t21-/m1/s1. The van der Waals surface area contributed by atoms with E-state index in [1.54, 1.807) is 19.1 Å². The summed E-state index contributed by atoms with van der Waals surface area (Å²) in [6, 6.07) is 5.31. The van der Waals surface area contributed by atoms with Crippen molar-refractivity contribution in [2.24, 2.45) is 5.41 Å². The monoisotopic (exact) mass is 373 g/mol. The van der Waals surface area contributed by atoms with Gasteiger partial charge in [0, 0.05) is 44.6 Å². The van der Waals surface area contributed by atoms with Crippen LogP contribution >= 0.6 is 0 Å². The topological polar surface area (TPSA) is 64.1 Å². The number of aromatic hydroxyl groups is 1. The number of benzene rings is 1. The van der Waals surface area contributed by atoms with Crippen LogP contribution in [0.15, 0.2) is 18.2 Å². The van der Waals surface area contributed by atoms with Gasteiger partial charge in [0.05, 0.1) is 5.56 Å². The molecule has 2 saturated heterocycles. The number of phenols is 1. The van der Waals surface area contributed by atoms with E-state index < -0.39 is 0 Å². The molecule has 1 aromatic rings. The zero-order valence-corrected chi connectivity index (χ0v) is 16.7. The minimum atomic E-state index is -0.105. The van der Waals surface area contributed by atoms with E-state index in [9.17, 15) is 14.7 Å². The molecule has 0 aromatic heterocycles. The van der Waals surface area contributed by atoms with E-state index in [1.165, 1.54) is 0 Å². The molecule has 2 heterocycles. The molecular weight excluding hydrogens is 342 g/mol. The van der Waals surface area contributed by atoms with Crippen LogP contribution in [0.1, 0.15) is 41.6 Å². The Labute approximate surface area is 161 Å². The number of carbonyl (C=O) groups excluding carboxylic acids is 2. The smallest absolute Gasteiger partial charge is 0.257 e. The summed E-state index contributed by atoms with van der Waals surface area (Å²) in [6.45, 7) is 5.48. The number of likely N-dealkylation sites (tertiary alicyclic amines) is 2. The summed E-state index contributed by atoms with van der Waals surface area (Å²) in [5.41, 5.74) is 1.07. The summed E-state index contributed by atoms with van der Waals surface area (Å²) in [6.07, 6.45) is 3.38. The fourth-order valence-corrected chi connectivity index (χ4v) is 4.34. The van der Waals surface area contributed by atoms with E-state index in [-0.39, 0.29) is 23.0 Å². The molecule has 27 heavy (non-hydrogen) atoms. The second kappa shape index (κ2) is 7.89. The summed E-state index contributed by atoms with van der Waals surface area (Å²) in [5, 5.41) is 10.3. The van der Waals surface area contributed by atoms with E-state index >= 15 is 0 Å². The molecule has 2 fully saturated rings. The molecule has 1 aromatic carbocycles. The molecule has 0 unspecified atom stereocenters. The number of phenolic OH excluding ortho intramolecular Hbond substituents is 1. The number of aryl methyl sites for hydroxylation is 1. The zero-order chi connectivity index (χ0) is 19.6. The number of carbonyl (C=O) groups is 2. The zero-order valence-electron chi connectivity index (χ0n) is 16.7. The van der Waals surface area contributed by atoms with Gasteiger partial charge in [-0.15, -0.1) is 0 Å². The number of para-hydroxylation sites is 1. The van der Waals surface area contributed by atoms with Crippen molar-refractivity contribution >= 4 is 11.8 Å². The fourth-order valence-electron chi connectivity index (χ4n) is 4.34. The van der Waals surface area contributed by atoms with Crippen LogP contribution in [0.4, 0.5) is 0 Å². The van der Waals surface area contributed by atoms with Crippen molar-refractivity contribution in [2.45, 2.75) is 32.6 Å². The van der Waals surface area contributed by atoms with Crippen LogP contribution in [0.5, 0.6) is 5.75 Å². The number of hydrogen-bond acceptors (Lipinski definition) is 4. The molecule has 148 valence electrons. The van der Waals surface area contributed by atoms with Crippen molar-refractivity contribution in [1.82, 2.24) is 14.7 Å². The van der Waals surface area contributed by atoms with Gasteiger partial charge in [0.15, 0.2) is 0 Å². The molecule has 1 N–H and O–H groups in total. The van der Waals surface area contributed by atoms with Crippen LogP contribution in [0.25, 0.3) is 0 Å². The number of hydrogen-bond donors (Lipinski definition) is 1. The third-order valence-electron chi connectivity index (χ3n) is 5.98. The van der Waals surface area contributed by atoms with Gasteiger partial charge >= 0.3 is 0 Å². The van der Waals surface area contributed by atoms with Crippen molar-refractivity contribution in [3.63, 3.8) is 0 Å². The Morgan fingerprint density at radius 1 is 1.26 bits per heavy atom. The van der Waals surface area contributed by atoms with Gasteiger partial charge in [0.25, 0.3) is 5.91 Å². The Balaban J connectivity index is 1.73. The van der Waals surface area contributed by atoms with Gasteiger partial charge in [-0.25, -0.2) is 0 Å². The van der Waals surface area contributed by atoms with Gasteiger partial charge in [-0.1, -0.05) is 12.1 Å². The molecule has 2 aliphatic rings. The Hall–Kier alpha value is -2.08. The highest BCUT2D eigenvalue weighted by molar-refractivity contribution is 5.97. The normalized spacial score (nSPS) is 23.3. The van der Waals surface area contributed by atoms with E-state index in [4.69, 9.17) is 0 Å². The third kappa shape index (κ3) is 4.26. The van der Waals surface area contributed by atoms with Crippen LogP contribution in [0.3, 0.4) is 0 Å². The molecule has 6 heteroatoms. The SMILES string of the molecule is Cc1cccc(C(=O)N2CCC[C@]3(CCC(=O)N(CCN(C)C)C3)C2)c1O. The second-order valence-corrected chi connectivity index (χ2v) is 8.42. The van der Waals surface area contributed by atoms with Crippen molar-refractivity contribution in [3.05, 3.63) is 29.3 Å². The van der Waals surface area contributed by atoms with Crippen LogP contribution in [0, 0.1) is 12.3 Å². The summed E-state index contributed by atoms with van der Waals surface area (Å²) < 4.78 is 0. The van der Waals surface area contributed by atoms with Gasteiger partial charge < -0.3 is 19.8 Å². The first-order valence-corrected chi connectivity index (χ1v) is 9.82. The van der Waals surface area contributed by atoms with Crippen molar-refractivity contribution < 1.29 is 14.7 Å². The Morgan fingerprint density at radius 3 is 2.78 bits per heavy atom. The van der Waals surface area contributed by atoms with Gasteiger partial charge in [0.1, 0.15) is 5.75 Å². The predicted octanol–water partition coefficient (Wildman–Crippen LogP) is 2.11. The highest BCUT2D eigenvalue weighted by atomic mass is 16.3. The fraction of sp³-hybridized carbons (Fsp3) is 0.619. The maximum atomic E-state index is 13.0. The van der Waals surface area contributed by atoms with Crippen LogP contribution in [0.2, 0.25) is 0 Å². The van der Waals surface area contributed by atoms with Crippen LogP contribution in [-0.2, 0) is 4.79 Å². The van der Waals surface area contributed by atoms with E-state index in [1.807, 2.05) is 30.0 Å². The number of likely N-dealkylation sites (N-methyl/N-ethyl adjacent to an activating group) is 1. The molecule has 2 amide bonds. The number of nitrogens with zero attached hydrogens (tertiary/aromatic N) is 3. The van der Waals surface area contributed by atoms with E-state index in [0.29, 0.717) is 30.6 Å². The van der Waals surface area contributed by atoms with Crippen molar-refractivity contribution in [3.8, 4) is 5.75 Å². The highest BCUT2D eigenvalue weighted by Crippen LogP contribution is 2.39. The third-order valence-corrected chi connectivity index (χ3v) is 5.98. The van der Waals surface area contributed by atoms with Crippen molar-refractivity contribution in [2.75, 3.05) is 46.8 Å². The molecule has 3 rings (SSSR count). The molecule has 1 spiro atoms. The highest BCUT2D eigenvalue weighted by Gasteiger charge is 2.43.